The largest absolute Gasteiger partial charge is 0.737 e. The van der Waals surface area contributed by atoms with E-state index < -0.39 is 18.7 Å². The summed E-state index contributed by atoms with van der Waals surface area (Å²) in [4.78, 5) is 0. The maximum Gasteiger partial charge on any atom is 0.737 e. The highest BCUT2D eigenvalue weighted by Crippen LogP contribution is 2.46. The topological polar surface area (TPSA) is 7.94 Å². The number of hydrogen-bond donors (Lipinski definition) is 0. The number of allylic oxidation sites excluding steroid dienone is 2. The lowest BCUT2D eigenvalue weighted by Gasteiger charge is -2.34. The zero-order valence-electron chi connectivity index (χ0n) is 16.1. The summed E-state index contributed by atoms with van der Waals surface area (Å²) in [5.74, 6) is 0. The minimum atomic E-state index is -4.54. The number of aromatic nitrogens is 1. The third kappa shape index (κ3) is 2.77. The Hall–Kier alpha value is -2.16. The Balaban J connectivity index is 2.17. The highest BCUT2D eigenvalue weighted by atomic mass is 79.9. The average molecular weight is 471 g/mol. The number of rotatable bonds is 1. The summed E-state index contributed by atoms with van der Waals surface area (Å²) in [5.41, 5.74) is 2.18. The van der Waals surface area contributed by atoms with E-state index in [-0.39, 0.29) is 17.0 Å². The molecule has 0 N–H and O–H groups in total. The van der Waals surface area contributed by atoms with Gasteiger partial charge in [0.1, 0.15) is 5.71 Å². The summed E-state index contributed by atoms with van der Waals surface area (Å²) in [6, 6.07) is 4.95. The second kappa shape index (κ2) is 6.17. The number of nitrogens with zero attached hydrogens (tertiary/aromatic N) is 2. The van der Waals surface area contributed by atoms with Crippen LogP contribution in [-0.2, 0) is 6.18 Å². The van der Waals surface area contributed by atoms with Gasteiger partial charge in [0.05, 0.1) is 11.1 Å². The van der Waals surface area contributed by atoms with Gasteiger partial charge in [0, 0.05) is 34.3 Å². The Labute approximate surface area is 173 Å². The van der Waals surface area contributed by atoms with E-state index in [4.69, 9.17) is 0 Å². The van der Waals surface area contributed by atoms with Gasteiger partial charge in [-0.3, -0.25) is 0 Å². The van der Waals surface area contributed by atoms with Gasteiger partial charge in [-0.1, -0.05) is 15.9 Å². The fourth-order valence-electron chi connectivity index (χ4n) is 4.45. The monoisotopic (exact) mass is 470 g/mol. The molecule has 0 aliphatic carbocycles. The van der Waals surface area contributed by atoms with Crippen molar-refractivity contribution in [3.8, 4) is 0 Å². The first-order valence-electron chi connectivity index (χ1n) is 9.00. The molecule has 4 rings (SSSR count). The van der Waals surface area contributed by atoms with Crippen LogP contribution in [0.25, 0.3) is 5.57 Å². The highest BCUT2D eigenvalue weighted by molar-refractivity contribution is 9.10. The number of alkyl halides is 3. The van der Waals surface area contributed by atoms with Crippen molar-refractivity contribution in [2.24, 2.45) is 0 Å². The summed E-state index contributed by atoms with van der Waals surface area (Å²) in [7, 11) is 0. The van der Waals surface area contributed by atoms with Crippen LogP contribution in [0.4, 0.5) is 21.8 Å². The van der Waals surface area contributed by atoms with Crippen molar-refractivity contribution in [3.05, 3.63) is 74.2 Å². The fraction of sp³-hybridized carbons (Fsp3) is 0.250. The van der Waals surface area contributed by atoms with Crippen LogP contribution < -0.4 is 0 Å². The van der Waals surface area contributed by atoms with E-state index in [2.05, 4.69) is 15.9 Å². The van der Waals surface area contributed by atoms with E-state index in [1.165, 1.54) is 6.07 Å². The maximum absolute atomic E-state index is 15.6. The van der Waals surface area contributed by atoms with Gasteiger partial charge in [0.25, 0.3) is 0 Å². The summed E-state index contributed by atoms with van der Waals surface area (Å²) < 4.78 is 73.7. The first-order chi connectivity index (χ1) is 13.4. The van der Waals surface area contributed by atoms with E-state index in [1.807, 2.05) is 0 Å². The lowest BCUT2D eigenvalue weighted by Crippen LogP contribution is -2.51. The van der Waals surface area contributed by atoms with Crippen molar-refractivity contribution in [1.82, 2.24) is 4.48 Å². The van der Waals surface area contributed by atoms with Crippen LogP contribution in [0.5, 0.6) is 0 Å². The van der Waals surface area contributed by atoms with Crippen LogP contribution in [0.15, 0.2) is 46.1 Å². The smallest absolute Gasteiger partial charge is 0.393 e. The van der Waals surface area contributed by atoms with Gasteiger partial charge in [-0.15, -0.1) is 0 Å². The van der Waals surface area contributed by atoms with Gasteiger partial charge in [0.15, 0.2) is 5.70 Å². The van der Waals surface area contributed by atoms with Gasteiger partial charge in [-0.25, -0.2) is 0 Å². The molecule has 2 aliphatic heterocycles. The molecule has 0 radical (unpaired) electrons. The molecule has 0 saturated carbocycles. The zero-order valence-corrected chi connectivity index (χ0v) is 17.7. The molecule has 1 aromatic heterocycles. The Kier molecular flexibility index (Phi) is 4.28. The first kappa shape index (κ1) is 20.1. The molecule has 2 nitrogen and oxygen atoms in total. The van der Waals surface area contributed by atoms with Gasteiger partial charge < -0.3 is 17.6 Å². The zero-order chi connectivity index (χ0) is 21.5. The summed E-state index contributed by atoms with van der Waals surface area (Å²) in [6.45, 7) is 2.40. The molecule has 29 heavy (non-hydrogen) atoms. The van der Waals surface area contributed by atoms with Crippen molar-refractivity contribution in [3.63, 3.8) is 0 Å². The number of benzene rings is 1. The van der Waals surface area contributed by atoms with Crippen molar-refractivity contribution >= 4 is 34.2 Å². The highest BCUT2D eigenvalue weighted by Gasteiger charge is 2.55. The molecule has 2 aliphatic rings. The fourth-order valence-corrected chi connectivity index (χ4v) is 4.89. The third-order valence-corrected chi connectivity index (χ3v) is 6.19. The van der Waals surface area contributed by atoms with Crippen molar-refractivity contribution < 1.29 is 26.3 Å². The van der Waals surface area contributed by atoms with Crippen LogP contribution in [0.1, 0.15) is 41.9 Å². The molecular weight excluding hydrogens is 454 g/mol. The number of fused-ring (bicyclic) bond motifs is 2. The molecule has 2 aromatic rings. The second-order valence-electron chi connectivity index (χ2n) is 7.53. The molecule has 0 amide bonds. The minimum absolute atomic E-state index is 0.232. The molecular formula is C20H17BBrF5N2. The van der Waals surface area contributed by atoms with Gasteiger partial charge in [0.2, 0.25) is 0 Å². The summed E-state index contributed by atoms with van der Waals surface area (Å²) in [6.07, 6.45) is -2.90. The van der Waals surface area contributed by atoms with E-state index in [9.17, 15) is 13.2 Å². The minimum Gasteiger partial charge on any atom is -0.393 e. The molecule has 0 unspecified atom stereocenters. The Bertz CT molecular complexity index is 1170. The number of hydrogen-bond acceptors (Lipinski definition) is 0. The van der Waals surface area contributed by atoms with Crippen LogP contribution in [0, 0.1) is 13.8 Å². The van der Waals surface area contributed by atoms with Gasteiger partial charge >= 0.3 is 13.1 Å². The van der Waals surface area contributed by atoms with Crippen molar-refractivity contribution in [2.75, 3.05) is 0 Å². The SMILES string of the molecule is CC1=CC(C)=[N+]2C1=C(c1cc(C(F)(F)F)ccc1Br)c1c(C)cc(C)n1[B-]2(F)F. The molecule has 152 valence electrons. The van der Waals surface area contributed by atoms with Crippen LogP contribution in [-0.4, -0.2) is 21.6 Å². The predicted octanol–water partition coefficient (Wildman–Crippen LogP) is 6.32. The Morgan fingerprint density at radius 1 is 1.03 bits per heavy atom. The molecule has 0 saturated heterocycles. The summed E-state index contributed by atoms with van der Waals surface area (Å²) in [5, 5.41) is 0. The third-order valence-electron chi connectivity index (χ3n) is 5.50. The van der Waals surface area contributed by atoms with Gasteiger partial charge in [-0.05, 0) is 56.3 Å². The maximum atomic E-state index is 15.6. The standard InChI is InChI=1S/C20H17BBrF5N2/c1-10-7-12(3)28-18(10)17(15-9-14(20(23,24)25)5-6-16(15)22)19-11(2)8-13(4)29(19)21(28,26)27/h5-9H,1-4H3. The van der Waals surface area contributed by atoms with Crippen molar-refractivity contribution in [1.29, 1.82) is 0 Å². The average Bonchev–Trinajstić information content (AvgIpc) is 3.05. The molecule has 0 bridgehead atoms. The van der Waals surface area contributed by atoms with E-state index in [0.29, 0.717) is 32.6 Å². The normalized spacial score (nSPS) is 18.2. The summed E-state index contributed by atoms with van der Waals surface area (Å²) >= 11 is 3.34. The lowest BCUT2D eigenvalue weighted by atomic mass is 9.83. The lowest BCUT2D eigenvalue weighted by molar-refractivity contribution is -0.363. The predicted molar refractivity (Wildman–Crippen MR) is 107 cm³/mol. The second-order valence-corrected chi connectivity index (χ2v) is 8.38. The van der Waals surface area contributed by atoms with Crippen LogP contribution >= 0.6 is 15.9 Å². The number of halogens is 6. The van der Waals surface area contributed by atoms with Crippen LogP contribution in [0.2, 0.25) is 0 Å². The van der Waals surface area contributed by atoms with Gasteiger partial charge in [-0.2, -0.15) is 13.2 Å². The van der Waals surface area contributed by atoms with Crippen molar-refractivity contribution in [2.45, 2.75) is 33.9 Å². The molecule has 9 heteroatoms. The van der Waals surface area contributed by atoms with E-state index in [1.54, 1.807) is 39.8 Å². The number of aryl methyl sites for hydroxylation is 2. The molecule has 3 heterocycles. The molecule has 0 atom stereocenters. The van der Waals surface area contributed by atoms with E-state index in [0.717, 1.165) is 21.1 Å². The molecule has 1 aromatic carbocycles. The Morgan fingerprint density at radius 2 is 1.69 bits per heavy atom. The first-order valence-corrected chi connectivity index (χ1v) is 9.79. The quantitative estimate of drug-likeness (QED) is 0.340. The van der Waals surface area contributed by atoms with Crippen LogP contribution in [0.3, 0.4) is 0 Å². The Morgan fingerprint density at radius 3 is 2.31 bits per heavy atom. The molecule has 0 fully saturated rings. The molecule has 0 spiro atoms. The van der Waals surface area contributed by atoms with E-state index >= 15 is 8.63 Å².